The zero-order valence-electron chi connectivity index (χ0n) is 13.1. The minimum atomic E-state index is -3.19. The lowest BCUT2D eigenvalue weighted by atomic mass is 9.78. The van der Waals surface area contributed by atoms with Crippen molar-refractivity contribution in [2.75, 3.05) is 36.4 Å². The second-order valence-corrected chi connectivity index (χ2v) is 8.40. The maximum Gasteiger partial charge on any atom is 0.222 e. The van der Waals surface area contributed by atoms with Crippen LogP contribution >= 0.6 is 0 Å². The number of sulfonamides is 1. The number of nitrogens with one attached hydrogen (secondary N) is 1. The molecule has 9 heteroatoms. The summed E-state index contributed by atoms with van der Waals surface area (Å²) in [5.41, 5.74) is 12.4. The number of rotatable bonds is 6. The summed E-state index contributed by atoms with van der Waals surface area (Å²) >= 11 is 0. The lowest BCUT2D eigenvalue weighted by Crippen LogP contribution is -2.35. The third-order valence-corrected chi connectivity index (χ3v) is 6.35. The molecule has 0 atom stereocenters. The quantitative estimate of drug-likeness (QED) is 0.670. The Labute approximate surface area is 136 Å². The van der Waals surface area contributed by atoms with Crippen molar-refractivity contribution >= 4 is 21.8 Å². The van der Waals surface area contributed by atoms with Crippen LogP contribution in [0.3, 0.4) is 0 Å². The Morgan fingerprint density at radius 3 is 2.61 bits per heavy atom. The van der Waals surface area contributed by atoms with Crippen LogP contribution in [0.2, 0.25) is 0 Å². The molecule has 2 aliphatic rings. The third kappa shape index (κ3) is 3.91. The SMILES string of the molecule is Nc1nc(NCCS(=O)(=O)N2CCCC2)cc(C2CC(N)C2)n1. The first-order valence-electron chi connectivity index (χ1n) is 8.06. The molecule has 1 aliphatic carbocycles. The molecule has 3 rings (SSSR count). The predicted molar refractivity (Wildman–Crippen MR) is 89.5 cm³/mol. The summed E-state index contributed by atoms with van der Waals surface area (Å²) in [5.74, 6) is 1.15. The number of hydrogen-bond donors (Lipinski definition) is 3. The van der Waals surface area contributed by atoms with Gasteiger partial charge in [-0.05, 0) is 25.7 Å². The molecule has 1 aliphatic heterocycles. The number of nitrogens with two attached hydrogens (primary N) is 2. The molecule has 2 fully saturated rings. The topological polar surface area (TPSA) is 127 Å². The Morgan fingerprint density at radius 2 is 1.96 bits per heavy atom. The van der Waals surface area contributed by atoms with E-state index in [0.29, 0.717) is 31.4 Å². The summed E-state index contributed by atoms with van der Waals surface area (Å²) in [6, 6.07) is 2.08. The van der Waals surface area contributed by atoms with Gasteiger partial charge in [0, 0.05) is 37.7 Å². The smallest absolute Gasteiger partial charge is 0.222 e. The van der Waals surface area contributed by atoms with E-state index in [2.05, 4.69) is 15.3 Å². The Kier molecular flexibility index (Phi) is 4.69. The van der Waals surface area contributed by atoms with Crippen molar-refractivity contribution in [2.45, 2.75) is 37.6 Å². The molecule has 0 unspecified atom stereocenters. The Morgan fingerprint density at radius 1 is 1.26 bits per heavy atom. The standard InChI is InChI=1S/C14H24N6O2S/c15-11-7-10(8-11)12-9-13(19-14(16)18-12)17-3-6-23(21,22)20-4-1-2-5-20/h9-11H,1-8,15H2,(H3,16,17,18,19). The van der Waals surface area contributed by atoms with E-state index in [-0.39, 0.29) is 17.7 Å². The average molecular weight is 340 g/mol. The maximum atomic E-state index is 12.2. The normalized spacial score (nSPS) is 25.3. The van der Waals surface area contributed by atoms with Gasteiger partial charge in [0.1, 0.15) is 5.82 Å². The van der Waals surface area contributed by atoms with Crippen LogP contribution in [-0.2, 0) is 10.0 Å². The van der Waals surface area contributed by atoms with E-state index in [9.17, 15) is 8.42 Å². The van der Waals surface area contributed by atoms with Gasteiger partial charge in [0.25, 0.3) is 0 Å². The minimum Gasteiger partial charge on any atom is -0.369 e. The van der Waals surface area contributed by atoms with Gasteiger partial charge >= 0.3 is 0 Å². The van der Waals surface area contributed by atoms with E-state index in [1.165, 1.54) is 0 Å². The maximum absolute atomic E-state index is 12.2. The Balaban J connectivity index is 1.57. The first kappa shape index (κ1) is 16.4. The van der Waals surface area contributed by atoms with Crippen molar-refractivity contribution in [1.82, 2.24) is 14.3 Å². The molecule has 0 aromatic carbocycles. The van der Waals surface area contributed by atoms with Gasteiger partial charge in [-0.3, -0.25) is 0 Å². The molecule has 1 saturated heterocycles. The highest BCUT2D eigenvalue weighted by Crippen LogP contribution is 2.35. The molecule has 128 valence electrons. The van der Waals surface area contributed by atoms with Gasteiger partial charge in [-0.1, -0.05) is 0 Å². The zero-order chi connectivity index (χ0) is 16.4. The number of nitrogens with zero attached hydrogens (tertiary/aromatic N) is 3. The van der Waals surface area contributed by atoms with Gasteiger partial charge in [-0.25, -0.2) is 17.7 Å². The van der Waals surface area contributed by atoms with Crippen molar-refractivity contribution in [3.05, 3.63) is 11.8 Å². The number of nitrogen functional groups attached to an aromatic ring is 1. The van der Waals surface area contributed by atoms with Crippen LogP contribution in [0.1, 0.15) is 37.3 Å². The molecule has 2 heterocycles. The van der Waals surface area contributed by atoms with Gasteiger partial charge in [-0.15, -0.1) is 0 Å². The third-order valence-electron chi connectivity index (χ3n) is 4.48. The fraction of sp³-hybridized carbons (Fsp3) is 0.714. The number of aromatic nitrogens is 2. The van der Waals surface area contributed by atoms with Crippen LogP contribution in [0, 0.1) is 0 Å². The highest BCUT2D eigenvalue weighted by molar-refractivity contribution is 7.89. The van der Waals surface area contributed by atoms with E-state index < -0.39 is 10.0 Å². The fourth-order valence-electron chi connectivity index (χ4n) is 3.09. The minimum absolute atomic E-state index is 0.0561. The average Bonchev–Trinajstić information content (AvgIpc) is 2.98. The summed E-state index contributed by atoms with van der Waals surface area (Å²) in [7, 11) is -3.19. The van der Waals surface area contributed by atoms with Crippen LogP contribution in [0.25, 0.3) is 0 Å². The molecular formula is C14H24N6O2S. The fourth-order valence-corrected chi connectivity index (χ4v) is 4.52. The molecule has 0 radical (unpaired) electrons. The van der Waals surface area contributed by atoms with Crippen LogP contribution in [0.4, 0.5) is 11.8 Å². The van der Waals surface area contributed by atoms with Crippen LogP contribution in [-0.4, -0.2) is 54.1 Å². The second-order valence-electron chi connectivity index (χ2n) is 6.31. The Hall–Kier alpha value is -1.45. The largest absolute Gasteiger partial charge is 0.369 e. The van der Waals surface area contributed by atoms with Crippen molar-refractivity contribution < 1.29 is 8.42 Å². The van der Waals surface area contributed by atoms with Crippen molar-refractivity contribution in [1.29, 1.82) is 0 Å². The van der Waals surface area contributed by atoms with Crippen LogP contribution in [0.5, 0.6) is 0 Å². The molecule has 1 aromatic rings. The van der Waals surface area contributed by atoms with Gasteiger partial charge in [-0.2, -0.15) is 4.98 Å². The molecule has 23 heavy (non-hydrogen) atoms. The lowest BCUT2D eigenvalue weighted by Gasteiger charge is -2.32. The highest BCUT2D eigenvalue weighted by Gasteiger charge is 2.29. The molecule has 0 bridgehead atoms. The first-order valence-corrected chi connectivity index (χ1v) is 9.67. The van der Waals surface area contributed by atoms with E-state index in [1.54, 1.807) is 4.31 Å². The van der Waals surface area contributed by atoms with Crippen LogP contribution < -0.4 is 16.8 Å². The zero-order valence-corrected chi connectivity index (χ0v) is 13.9. The van der Waals surface area contributed by atoms with E-state index in [4.69, 9.17) is 11.5 Å². The van der Waals surface area contributed by atoms with Crippen molar-refractivity contribution in [2.24, 2.45) is 5.73 Å². The summed E-state index contributed by atoms with van der Waals surface area (Å²) in [6.45, 7) is 1.57. The van der Waals surface area contributed by atoms with E-state index in [0.717, 1.165) is 31.4 Å². The summed E-state index contributed by atoms with van der Waals surface area (Å²) in [5, 5.41) is 3.05. The van der Waals surface area contributed by atoms with Gasteiger partial charge in [0.15, 0.2) is 0 Å². The van der Waals surface area contributed by atoms with Crippen molar-refractivity contribution in [3.63, 3.8) is 0 Å². The highest BCUT2D eigenvalue weighted by atomic mass is 32.2. The van der Waals surface area contributed by atoms with Gasteiger partial charge in [0.2, 0.25) is 16.0 Å². The molecule has 1 aromatic heterocycles. The summed E-state index contributed by atoms with van der Waals surface area (Å²) in [6.07, 6.45) is 3.70. The Bertz CT molecular complexity index is 653. The summed E-state index contributed by atoms with van der Waals surface area (Å²) in [4.78, 5) is 8.38. The monoisotopic (exact) mass is 340 g/mol. The number of anilines is 2. The van der Waals surface area contributed by atoms with Crippen molar-refractivity contribution in [3.8, 4) is 0 Å². The van der Waals surface area contributed by atoms with Gasteiger partial charge in [0.05, 0.1) is 11.4 Å². The molecule has 8 nitrogen and oxygen atoms in total. The molecular weight excluding hydrogens is 316 g/mol. The molecule has 1 saturated carbocycles. The molecule has 5 N–H and O–H groups in total. The lowest BCUT2D eigenvalue weighted by molar-refractivity contribution is 0.345. The predicted octanol–water partition coefficient (Wildman–Crippen LogP) is 0.101. The molecule has 0 spiro atoms. The summed E-state index contributed by atoms with van der Waals surface area (Å²) < 4.78 is 25.9. The van der Waals surface area contributed by atoms with Crippen LogP contribution in [0.15, 0.2) is 6.07 Å². The van der Waals surface area contributed by atoms with E-state index >= 15 is 0 Å². The second kappa shape index (κ2) is 6.58. The van der Waals surface area contributed by atoms with E-state index in [1.807, 2.05) is 6.07 Å². The van der Waals surface area contributed by atoms with Gasteiger partial charge < -0.3 is 16.8 Å². The number of hydrogen-bond acceptors (Lipinski definition) is 7. The first-order chi connectivity index (χ1) is 10.9. The molecule has 0 amide bonds.